The number of fused-ring (bicyclic) bond motifs is 2. The molecule has 1 fully saturated rings. The van der Waals surface area contributed by atoms with Crippen LogP contribution in [0.3, 0.4) is 0 Å². The molecule has 0 saturated carbocycles. The van der Waals surface area contributed by atoms with Crippen molar-refractivity contribution in [3.63, 3.8) is 0 Å². The fourth-order valence-electron chi connectivity index (χ4n) is 4.58. The molecule has 1 saturated heterocycles. The smallest absolute Gasteiger partial charge is 0.255 e. The molecule has 4 N–H and O–H groups in total. The van der Waals surface area contributed by atoms with Gasteiger partial charge in [-0.05, 0) is 63.1 Å². The van der Waals surface area contributed by atoms with Gasteiger partial charge in [0, 0.05) is 23.0 Å². The Morgan fingerprint density at radius 1 is 1.26 bits per heavy atom. The highest BCUT2D eigenvalue weighted by Crippen LogP contribution is 2.31. The number of nitrogens with zero attached hydrogens (tertiary/aromatic N) is 4. The summed E-state index contributed by atoms with van der Waals surface area (Å²) in [6, 6.07) is 9.03. The molecule has 2 aromatic carbocycles. The topological polar surface area (TPSA) is 113 Å². The number of halogens is 2. The molecule has 0 spiro atoms. The quantitative estimate of drug-likeness (QED) is 0.347. The second-order valence-electron chi connectivity index (χ2n) is 8.59. The van der Waals surface area contributed by atoms with Gasteiger partial charge in [-0.15, -0.1) is 0 Å². The van der Waals surface area contributed by atoms with Crippen molar-refractivity contribution in [3.05, 3.63) is 58.1 Å². The molecule has 176 valence electrons. The van der Waals surface area contributed by atoms with Crippen LogP contribution < -0.4 is 11.1 Å². The molecule has 1 amide bonds. The van der Waals surface area contributed by atoms with Crippen LogP contribution in [0.1, 0.15) is 48.4 Å². The van der Waals surface area contributed by atoms with Crippen LogP contribution in [-0.2, 0) is 0 Å². The average Bonchev–Trinajstić information content (AvgIpc) is 3.45. The van der Waals surface area contributed by atoms with E-state index in [0.29, 0.717) is 40.0 Å². The van der Waals surface area contributed by atoms with Crippen molar-refractivity contribution in [2.24, 2.45) is 5.73 Å². The zero-order chi connectivity index (χ0) is 23.8. The standard InChI is InChI=1S/C24H25Cl2N7O/c1-13(22-31-19-5-4-14(25)9-21(19)32-22)30-23-17-10-18(26)16(11-20(17)28-12-29-23)24(34)33-8-2-3-15(33)6-7-27/h4-5,9-13,15H,2-3,6-8,27H2,1H3,(H,31,32)(H,28,29,30)/t13-,15-/m0/s1. The van der Waals surface area contributed by atoms with Crippen LogP contribution in [0.25, 0.3) is 21.9 Å². The number of rotatable bonds is 6. The molecular weight excluding hydrogens is 473 g/mol. The third kappa shape index (κ3) is 4.29. The first-order valence-electron chi connectivity index (χ1n) is 11.3. The number of aromatic amines is 1. The number of amides is 1. The number of likely N-dealkylation sites (tertiary alicyclic amines) is 1. The number of carbonyl (C=O) groups is 1. The van der Waals surface area contributed by atoms with Crippen molar-refractivity contribution >= 4 is 56.9 Å². The van der Waals surface area contributed by atoms with E-state index in [2.05, 4.69) is 25.3 Å². The Hall–Kier alpha value is -2.94. The van der Waals surface area contributed by atoms with Gasteiger partial charge in [-0.1, -0.05) is 23.2 Å². The van der Waals surface area contributed by atoms with Crippen molar-refractivity contribution in [1.82, 2.24) is 24.8 Å². The molecule has 4 aromatic rings. The van der Waals surface area contributed by atoms with Gasteiger partial charge >= 0.3 is 0 Å². The molecule has 1 aliphatic rings. The lowest BCUT2D eigenvalue weighted by atomic mass is 10.1. The number of hydrogen-bond donors (Lipinski definition) is 3. The molecule has 2 atom stereocenters. The molecule has 0 radical (unpaired) electrons. The Labute approximate surface area is 206 Å². The molecule has 8 nitrogen and oxygen atoms in total. The minimum atomic E-state index is -0.175. The molecular formula is C24H25Cl2N7O. The van der Waals surface area contributed by atoms with E-state index in [0.717, 1.165) is 41.5 Å². The third-order valence-corrected chi connectivity index (χ3v) is 6.87. The van der Waals surface area contributed by atoms with Crippen molar-refractivity contribution in [2.45, 2.75) is 38.3 Å². The summed E-state index contributed by atoms with van der Waals surface area (Å²) in [6.07, 6.45) is 4.21. The highest BCUT2D eigenvalue weighted by atomic mass is 35.5. The number of nitrogens with two attached hydrogens (primary N) is 1. The zero-order valence-electron chi connectivity index (χ0n) is 18.7. The summed E-state index contributed by atoms with van der Waals surface area (Å²) >= 11 is 12.7. The number of imidazole rings is 1. The summed E-state index contributed by atoms with van der Waals surface area (Å²) in [7, 11) is 0. The fraction of sp³-hybridized carbons (Fsp3) is 0.333. The number of nitrogens with one attached hydrogen (secondary N) is 2. The van der Waals surface area contributed by atoms with E-state index < -0.39 is 0 Å². The number of H-pyrrole nitrogens is 1. The number of hydrogen-bond acceptors (Lipinski definition) is 6. The minimum absolute atomic E-state index is 0.0784. The van der Waals surface area contributed by atoms with Gasteiger partial charge in [-0.25, -0.2) is 15.0 Å². The molecule has 34 heavy (non-hydrogen) atoms. The van der Waals surface area contributed by atoms with Gasteiger partial charge in [-0.3, -0.25) is 4.79 Å². The van der Waals surface area contributed by atoms with Crippen LogP contribution in [0, 0.1) is 0 Å². The third-order valence-electron chi connectivity index (χ3n) is 6.32. The van der Waals surface area contributed by atoms with Crippen molar-refractivity contribution in [3.8, 4) is 0 Å². The van der Waals surface area contributed by atoms with Gasteiger partial charge in [0.2, 0.25) is 0 Å². The van der Waals surface area contributed by atoms with E-state index in [9.17, 15) is 4.79 Å². The summed E-state index contributed by atoms with van der Waals surface area (Å²) in [6.45, 7) is 3.25. The van der Waals surface area contributed by atoms with Crippen molar-refractivity contribution < 1.29 is 4.79 Å². The van der Waals surface area contributed by atoms with E-state index in [1.165, 1.54) is 6.33 Å². The van der Waals surface area contributed by atoms with Crippen LogP contribution in [0.5, 0.6) is 0 Å². The molecule has 10 heteroatoms. The monoisotopic (exact) mass is 497 g/mol. The number of benzene rings is 2. The lowest BCUT2D eigenvalue weighted by molar-refractivity contribution is 0.0732. The first kappa shape index (κ1) is 22.8. The van der Waals surface area contributed by atoms with Crippen molar-refractivity contribution in [2.75, 3.05) is 18.4 Å². The van der Waals surface area contributed by atoms with Gasteiger partial charge in [0.25, 0.3) is 5.91 Å². The Balaban J connectivity index is 1.43. The van der Waals surface area contributed by atoms with Crippen LogP contribution in [-0.4, -0.2) is 49.9 Å². The number of aromatic nitrogens is 4. The summed E-state index contributed by atoms with van der Waals surface area (Å²) in [5, 5.41) is 5.13. The number of carbonyl (C=O) groups excluding carboxylic acids is 1. The van der Waals surface area contributed by atoms with Gasteiger partial charge in [0.15, 0.2) is 0 Å². The average molecular weight is 498 g/mol. The molecule has 2 aromatic heterocycles. The van der Waals surface area contributed by atoms with E-state index >= 15 is 0 Å². The van der Waals surface area contributed by atoms with Crippen LogP contribution in [0.4, 0.5) is 5.82 Å². The van der Waals surface area contributed by atoms with Gasteiger partial charge < -0.3 is 20.9 Å². The summed E-state index contributed by atoms with van der Waals surface area (Å²) in [5.41, 5.74) is 8.53. The largest absolute Gasteiger partial charge is 0.360 e. The molecule has 0 bridgehead atoms. The predicted octanol–water partition coefficient (Wildman–Crippen LogP) is 4.94. The van der Waals surface area contributed by atoms with Crippen LogP contribution in [0.2, 0.25) is 10.0 Å². The van der Waals surface area contributed by atoms with E-state index in [4.69, 9.17) is 28.9 Å². The highest BCUT2D eigenvalue weighted by Gasteiger charge is 2.30. The van der Waals surface area contributed by atoms with Crippen LogP contribution >= 0.6 is 23.2 Å². The SMILES string of the molecule is C[C@H](Nc1ncnc2cc(C(=O)N3CCC[C@H]3CCN)c(Cl)cc12)c1nc2cc(Cl)ccc2[nH]1. The molecule has 3 heterocycles. The Bertz CT molecular complexity index is 1370. The molecule has 5 rings (SSSR count). The predicted molar refractivity (Wildman–Crippen MR) is 135 cm³/mol. The maximum atomic E-state index is 13.3. The molecule has 0 unspecified atom stereocenters. The molecule has 0 aliphatic carbocycles. The normalized spacial score (nSPS) is 16.9. The molecule has 1 aliphatic heterocycles. The van der Waals surface area contributed by atoms with Gasteiger partial charge in [0.1, 0.15) is 18.0 Å². The van der Waals surface area contributed by atoms with Gasteiger partial charge in [0.05, 0.1) is 33.2 Å². The maximum absolute atomic E-state index is 13.3. The Morgan fingerprint density at radius 3 is 2.94 bits per heavy atom. The maximum Gasteiger partial charge on any atom is 0.255 e. The number of anilines is 1. The minimum Gasteiger partial charge on any atom is -0.360 e. The Kier molecular flexibility index (Phi) is 6.29. The lowest BCUT2D eigenvalue weighted by Gasteiger charge is -2.25. The summed E-state index contributed by atoms with van der Waals surface area (Å²) < 4.78 is 0. The fourth-order valence-corrected chi connectivity index (χ4v) is 4.99. The highest BCUT2D eigenvalue weighted by molar-refractivity contribution is 6.35. The summed E-state index contributed by atoms with van der Waals surface area (Å²) in [4.78, 5) is 31.9. The lowest BCUT2D eigenvalue weighted by Crippen LogP contribution is -2.36. The second kappa shape index (κ2) is 9.37. The van der Waals surface area contributed by atoms with Crippen LogP contribution in [0.15, 0.2) is 36.7 Å². The van der Waals surface area contributed by atoms with E-state index in [1.54, 1.807) is 12.1 Å². The van der Waals surface area contributed by atoms with E-state index in [1.807, 2.05) is 30.0 Å². The van der Waals surface area contributed by atoms with Crippen molar-refractivity contribution in [1.29, 1.82) is 0 Å². The first-order chi connectivity index (χ1) is 16.4. The Morgan fingerprint density at radius 2 is 2.12 bits per heavy atom. The van der Waals surface area contributed by atoms with E-state index in [-0.39, 0.29) is 18.0 Å². The zero-order valence-corrected chi connectivity index (χ0v) is 20.2. The first-order valence-corrected chi connectivity index (χ1v) is 12.1. The summed E-state index contributed by atoms with van der Waals surface area (Å²) in [5.74, 6) is 1.28. The second-order valence-corrected chi connectivity index (χ2v) is 9.44. The van der Waals surface area contributed by atoms with Gasteiger partial charge in [-0.2, -0.15) is 0 Å².